The molecule has 1 N–H and O–H groups in total. The smallest absolute Gasteiger partial charge is 0.311 e. The van der Waals surface area contributed by atoms with Gasteiger partial charge in [-0.2, -0.15) is 0 Å². The topological polar surface area (TPSA) is 53.4 Å². The third kappa shape index (κ3) is 2.47. The van der Waals surface area contributed by atoms with Crippen molar-refractivity contribution >= 4 is 22.4 Å². The molecule has 0 aliphatic heterocycles. The van der Waals surface area contributed by atoms with Crippen LogP contribution in [0.5, 0.6) is 0 Å². The number of aliphatic carboxylic acids is 1. The molecule has 0 fully saturated rings. The zero-order valence-electron chi connectivity index (χ0n) is 9.44. The van der Waals surface area contributed by atoms with Crippen LogP contribution < -0.4 is 4.90 Å². The minimum atomic E-state index is -0.769. The Labute approximate surface area is 93.6 Å². The molecule has 1 aromatic heterocycles. The van der Waals surface area contributed by atoms with Gasteiger partial charge in [0.05, 0.1) is 11.6 Å². The fourth-order valence-electron chi connectivity index (χ4n) is 1.38. The fourth-order valence-corrected chi connectivity index (χ4v) is 2.55. The maximum Gasteiger partial charge on any atom is 0.311 e. The molecular weight excluding hydrogens is 212 g/mol. The maximum absolute atomic E-state index is 11.0. The van der Waals surface area contributed by atoms with Crippen LogP contribution in [0.1, 0.15) is 29.8 Å². The van der Waals surface area contributed by atoms with Crippen molar-refractivity contribution in [1.82, 2.24) is 4.98 Å². The van der Waals surface area contributed by atoms with E-state index in [1.54, 1.807) is 0 Å². The van der Waals surface area contributed by atoms with E-state index in [0.717, 1.165) is 15.7 Å². The predicted molar refractivity (Wildman–Crippen MR) is 61.8 cm³/mol. The predicted octanol–water partition coefficient (Wildman–Crippen LogP) is 2.10. The molecule has 0 bridgehead atoms. The van der Waals surface area contributed by atoms with E-state index in [2.05, 4.69) is 4.98 Å². The Kier molecular flexibility index (Phi) is 3.68. The average Bonchev–Trinajstić information content (AvgIpc) is 2.49. The van der Waals surface area contributed by atoms with Gasteiger partial charge in [0.15, 0.2) is 5.13 Å². The van der Waals surface area contributed by atoms with E-state index in [4.69, 9.17) is 5.11 Å². The lowest BCUT2D eigenvalue weighted by atomic mass is 10.0. The molecule has 15 heavy (non-hydrogen) atoms. The largest absolute Gasteiger partial charge is 0.481 e. The summed E-state index contributed by atoms with van der Waals surface area (Å²) in [4.78, 5) is 18.1. The number of rotatable bonds is 4. The normalized spacial score (nSPS) is 12.5. The standard InChI is InChI=1S/C10H16N2O2S/c1-5-7(9(13)14)8-6(2)11-10(15-8)12(3)4/h7H,5H2,1-4H3,(H,13,14). The third-order valence-electron chi connectivity index (χ3n) is 2.23. The Hall–Kier alpha value is -1.10. The lowest BCUT2D eigenvalue weighted by molar-refractivity contribution is -0.138. The molecule has 0 spiro atoms. The summed E-state index contributed by atoms with van der Waals surface area (Å²) in [5.74, 6) is -1.19. The van der Waals surface area contributed by atoms with Crippen LogP contribution in [0.2, 0.25) is 0 Å². The van der Waals surface area contributed by atoms with E-state index in [1.165, 1.54) is 11.3 Å². The van der Waals surface area contributed by atoms with Gasteiger partial charge in [-0.25, -0.2) is 4.98 Å². The summed E-state index contributed by atoms with van der Waals surface area (Å²) in [6.07, 6.45) is 0.602. The molecule has 84 valence electrons. The van der Waals surface area contributed by atoms with Gasteiger partial charge in [-0.05, 0) is 13.3 Å². The number of aryl methyl sites for hydroxylation is 1. The minimum absolute atomic E-state index is 0.420. The summed E-state index contributed by atoms with van der Waals surface area (Å²) in [6.45, 7) is 3.75. The summed E-state index contributed by atoms with van der Waals surface area (Å²) < 4.78 is 0. The fraction of sp³-hybridized carbons (Fsp3) is 0.600. The van der Waals surface area contributed by atoms with Crippen LogP contribution in [0.4, 0.5) is 5.13 Å². The molecule has 5 heteroatoms. The SMILES string of the molecule is CCC(C(=O)O)c1sc(N(C)C)nc1C. The molecule has 0 aliphatic carbocycles. The second-order valence-electron chi connectivity index (χ2n) is 3.64. The highest BCUT2D eigenvalue weighted by molar-refractivity contribution is 7.15. The number of carbonyl (C=O) groups is 1. The first-order chi connectivity index (χ1) is 6.97. The monoisotopic (exact) mass is 228 g/mol. The second-order valence-corrected chi connectivity index (χ2v) is 4.65. The number of thiazole rings is 1. The van der Waals surface area contributed by atoms with Crippen LogP contribution in [0.3, 0.4) is 0 Å². The molecule has 0 aliphatic rings. The molecule has 0 radical (unpaired) electrons. The Balaban J connectivity index is 3.07. The lowest BCUT2D eigenvalue weighted by Crippen LogP contribution is -2.09. The first-order valence-electron chi connectivity index (χ1n) is 4.84. The third-order valence-corrected chi connectivity index (χ3v) is 3.67. The number of carboxylic acid groups (broad SMARTS) is 1. The Morgan fingerprint density at radius 2 is 2.20 bits per heavy atom. The summed E-state index contributed by atoms with van der Waals surface area (Å²) in [5, 5.41) is 9.93. The number of anilines is 1. The second kappa shape index (κ2) is 4.61. The first-order valence-corrected chi connectivity index (χ1v) is 5.66. The van der Waals surface area contributed by atoms with E-state index >= 15 is 0 Å². The molecule has 4 nitrogen and oxygen atoms in total. The van der Waals surface area contributed by atoms with Crippen molar-refractivity contribution in [3.8, 4) is 0 Å². The summed E-state index contributed by atoms with van der Waals surface area (Å²) >= 11 is 1.46. The maximum atomic E-state index is 11.0. The van der Waals surface area contributed by atoms with Crippen LogP contribution in [0.15, 0.2) is 0 Å². The van der Waals surface area contributed by atoms with E-state index in [0.29, 0.717) is 6.42 Å². The van der Waals surface area contributed by atoms with Gasteiger partial charge in [-0.3, -0.25) is 4.79 Å². The van der Waals surface area contributed by atoms with E-state index < -0.39 is 11.9 Å². The van der Waals surface area contributed by atoms with Crippen LogP contribution in [-0.2, 0) is 4.79 Å². The Bertz CT molecular complexity index is 360. The van der Waals surface area contributed by atoms with Crippen molar-refractivity contribution < 1.29 is 9.90 Å². The molecule has 1 rings (SSSR count). The van der Waals surface area contributed by atoms with Crippen molar-refractivity contribution in [2.24, 2.45) is 0 Å². The number of carboxylic acids is 1. The highest BCUT2D eigenvalue weighted by Crippen LogP contribution is 2.32. The molecule has 1 atom stereocenters. The van der Waals surface area contributed by atoms with Gasteiger partial charge in [0.1, 0.15) is 0 Å². The average molecular weight is 228 g/mol. The molecule has 0 saturated carbocycles. The summed E-state index contributed by atoms with van der Waals surface area (Å²) in [7, 11) is 3.81. The Morgan fingerprint density at radius 3 is 2.53 bits per heavy atom. The van der Waals surface area contributed by atoms with Gasteiger partial charge in [-0.15, -0.1) is 11.3 Å². The van der Waals surface area contributed by atoms with Crippen molar-refractivity contribution in [3.63, 3.8) is 0 Å². The van der Waals surface area contributed by atoms with E-state index in [9.17, 15) is 4.79 Å². The van der Waals surface area contributed by atoms with E-state index in [-0.39, 0.29) is 0 Å². The van der Waals surface area contributed by atoms with Crippen LogP contribution in [-0.4, -0.2) is 30.2 Å². The minimum Gasteiger partial charge on any atom is -0.481 e. The van der Waals surface area contributed by atoms with Crippen molar-refractivity contribution in [1.29, 1.82) is 0 Å². The van der Waals surface area contributed by atoms with Gasteiger partial charge in [-0.1, -0.05) is 6.92 Å². The number of hydrogen-bond acceptors (Lipinski definition) is 4. The van der Waals surface area contributed by atoms with E-state index in [1.807, 2.05) is 32.8 Å². The number of hydrogen-bond donors (Lipinski definition) is 1. The molecular formula is C10H16N2O2S. The van der Waals surface area contributed by atoms with Crippen molar-refractivity contribution in [3.05, 3.63) is 10.6 Å². The highest BCUT2D eigenvalue weighted by Gasteiger charge is 2.23. The molecule has 1 aromatic rings. The molecule has 0 saturated heterocycles. The molecule has 1 heterocycles. The zero-order valence-corrected chi connectivity index (χ0v) is 10.3. The van der Waals surface area contributed by atoms with Gasteiger partial charge in [0, 0.05) is 19.0 Å². The van der Waals surface area contributed by atoms with Crippen LogP contribution in [0, 0.1) is 6.92 Å². The van der Waals surface area contributed by atoms with Gasteiger partial charge in [0.2, 0.25) is 0 Å². The van der Waals surface area contributed by atoms with Crippen LogP contribution in [0.25, 0.3) is 0 Å². The highest BCUT2D eigenvalue weighted by atomic mass is 32.1. The van der Waals surface area contributed by atoms with Gasteiger partial charge >= 0.3 is 5.97 Å². The molecule has 1 unspecified atom stereocenters. The number of aromatic nitrogens is 1. The van der Waals surface area contributed by atoms with Crippen molar-refractivity contribution in [2.45, 2.75) is 26.2 Å². The lowest BCUT2D eigenvalue weighted by Gasteiger charge is -2.07. The van der Waals surface area contributed by atoms with Crippen LogP contribution >= 0.6 is 11.3 Å². The van der Waals surface area contributed by atoms with Gasteiger partial charge < -0.3 is 10.0 Å². The van der Waals surface area contributed by atoms with Crippen molar-refractivity contribution in [2.75, 3.05) is 19.0 Å². The first kappa shape index (κ1) is 12.0. The summed E-state index contributed by atoms with van der Waals surface area (Å²) in [6, 6.07) is 0. The molecule has 0 aromatic carbocycles. The van der Waals surface area contributed by atoms with Gasteiger partial charge in [0.25, 0.3) is 0 Å². The Morgan fingerprint density at radius 1 is 1.60 bits per heavy atom. The quantitative estimate of drug-likeness (QED) is 0.857. The molecule has 0 amide bonds. The zero-order chi connectivity index (χ0) is 11.6. The summed E-state index contributed by atoms with van der Waals surface area (Å²) in [5.41, 5.74) is 0.831. The number of nitrogens with zero attached hydrogens (tertiary/aromatic N) is 2.